The van der Waals surface area contributed by atoms with Crippen LogP contribution in [0.1, 0.15) is 26.2 Å². The summed E-state index contributed by atoms with van der Waals surface area (Å²) in [6.45, 7) is 2.52. The molecule has 2 unspecified atom stereocenters. The van der Waals surface area contributed by atoms with Crippen molar-refractivity contribution >= 4 is 16.5 Å². The Morgan fingerprint density at radius 2 is 1.73 bits per heavy atom. The second-order valence-electron chi connectivity index (χ2n) is 2.76. The summed E-state index contributed by atoms with van der Waals surface area (Å²) in [5.41, 5.74) is 0. The highest BCUT2D eigenvalue weighted by molar-refractivity contribution is 7.32. The van der Waals surface area contributed by atoms with Crippen molar-refractivity contribution in [3.8, 4) is 0 Å². The van der Waals surface area contributed by atoms with Crippen LogP contribution in [0.5, 0.6) is 0 Å². The van der Waals surface area contributed by atoms with E-state index < -0.39 is 22.9 Å². The van der Waals surface area contributed by atoms with Gasteiger partial charge in [-0.2, -0.15) is 0 Å². The zero-order valence-corrected chi connectivity index (χ0v) is 10.4. The maximum Gasteiger partial charge on any atom is 0.319 e. The van der Waals surface area contributed by atoms with E-state index in [1.807, 2.05) is 6.92 Å². The maximum absolute atomic E-state index is 10.4. The van der Waals surface area contributed by atoms with E-state index in [2.05, 4.69) is 14.4 Å². The smallest absolute Gasteiger partial charge is 0.319 e. The summed E-state index contributed by atoms with van der Waals surface area (Å²) in [5.74, 6) is 0. The Morgan fingerprint density at radius 3 is 2.13 bits per heavy atom. The molecule has 0 spiro atoms. The lowest BCUT2D eigenvalue weighted by Gasteiger charge is -2.15. The summed E-state index contributed by atoms with van der Waals surface area (Å²) in [6, 6.07) is 0. The molecule has 0 aromatic carbocycles. The third kappa shape index (κ3) is 10.5. The van der Waals surface area contributed by atoms with Crippen molar-refractivity contribution < 1.29 is 28.0 Å². The van der Waals surface area contributed by atoms with Gasteiger partial charge in [-0.15, -0.1) is 0 Å². The first-order valence-electron chi connectivity index (χ1n) is 4.58. The third-order valence-electron chi connectivity index (χ3n) is 1.51. The topological polar surface area (TPSA) is 105 Å². The molecule has 15 heavy (non-hydrogen) atoms. The maximum atomic E-state index is 10.4. The molecule has 0 aliphatic carbocycles. The van der Waals surface area contributed by atoms with Crippen molar-refractivity contribution in [2.45, 2.75) is 32.6 Å². The van der Waals surface area contributed by atoms with Gasteiger partial charge < -0.3 is 9.79 Å². The fourth-order valence-corrected chi connectivity index (χ4v) is 1.61. The highest BCUT2D eigenvalue weighted by Gasteiger charge is 2.13. The summed E-state index contributed by atoms with van der Waals surface area (Å²) in [6.07, 6.45) is 1.55. The summed E-state index contributed by atoms with van der Waals surface area (Å²) in [7, 11) is -6.38. The van der Waals surface area contributed by atoms with Crippen LogP contribution in [-0.4, -0.2) is 22.7 Å². The molecule has 7 nitrogen and oxygen atoms in total. The van der Waals surface area contributed by atoms with Crippen molar-refractivity contribution in [1.29, 1.82) is 0 Å². The van der Waals surface area contributed by atoms with Gasteiger partial charge in [-0.1, -0.05) is 19.8 Å². The van der Waals surface area contributed by atoms with Gasteiger partial charge in [0.05, 0.1) is 0 Å². The lowest BCUT2D eigenvalue weighted by atomic mass is 10.2. The van der Waals surface area contributed by atoms with Gasteiger partial charge >= 0.3 is 16.5 Å². The molecule has 0 aliphatic heterocycles. The summed E-state index contributed by atoms with van der Waals surface area (Å²) < 4.78 is 29.5. The van der Waals surface area contributed by atoms with E-state index in [0.717, 1.165) is 19.3 Å². The van der Waals surface area contributed by atoms with Crippen LogP contribution in [0, 0.1) is 0 Å². The van der Waals surface area contributed by atoms with Crippen molar-refractivity contribution in [3.63, 3.8) is 0 Å². The Hall–Kier alpha value is 0.260. The molecular weight excluding hydrogens is 244 g/mol. The highest BCUT2D eigenvalue weighted by atomic mass is 31.1. The van der Waals surface area contributed by atoms with Crippen LogP contribution in [-0.2, 0) is 18.2 Å². The molecule has 3 N–H and O–H groups in total. The van der Waals surface area contributed by atoms with E-state index in [9.17, 15) is 9.13 Å². The second kappa shape index (κ2) is 9.48. The van der Waals surface area contributed by atoms with Crippen molar-refractivity contribution in [2.75, 3.05) is 6.54 Å². The number of hydrogen-bond donors (Lipinski definition) is 3. The minimum atomic E-state index is -3.19. The van der Waals surface area contributed by atoms with Crippen LogP contribution in [0.4, 0.5) is 0 Å². The Bertz CT molecular complexity index is 198. The van der Waals surface area contributed by atoms with Gasteiger partial charge in [0.1, 0.15) is 0 Å². The van der Waals surface area contributed by atoms with Crippen LogP contribution in [0.3, 0.4) is 0 Å². The molecular formula is C6H17NO6P2. The molecule has 0 rings (SSSR count). The fourth-order valence-electron chi connectivity index (χ4n) is 0.885. The van der Waals surface area contributed by atoms with Crippen molar-refractivity contribution in [3.05, 3.63) is 0 Å². The number of unbranched alkanes of at least 4 members (excludes halogenated alkanes) is 2. The summed E-state index contributed by atoms with van der Waals surface area (Å²) in [5, 5.41) is 2.60. The monoisotopic (exact) mass is 261 g/mol. The van der Waals surface area contributed by atoms with Crippen LogP contribution in [0.25, 0.3) is 0 Å². The third-order valence-corrected chi connectivity index (χ3v) is 2.34. The van der Waals surface area contributed by atoms with E-state index in [1.165, 1.54) is 0 Å². The second-order valence-corrected chi connectivity index (χ2v) is 4.30. The first-order valence-corrected chi connectivity index (χ1v) is 7.11. The Kier molecular flexibility index (Phi) is 9.65. The van der Waals surface area contributed by atoms with Crippen LogP contribution in [0.2, 0.25) is 0 Å². The molecule has 0 aromatic rings. The average molecular weight is 261 g/mol. The summed E-state index contributed by atoms with van der Waals surface area (Å²) in [4.78, 5) is 16.9. The average Bonchev–Trinajstić information content (AvgIpc) is 2.10. The molecule has 0 aromatic heterocycles. The van der Waals surface area contributed by atoms with E-state index in [4.69, 9.17) is 9.79 Å². The normalized spacial score (nSPS) is 17.3. The first kappa shape index (κ1) is 15.3. The van der Waals surface area contributed by atoms with Gasteiger partial charge in [-0.3, -0.25) is 23.5 Å². The molecule has 2 atom stereocenters. The van der Waals surface area contributed by atoms with E-state index >= 15 is 0 Å². The predicted molar refractivity (Wildman–Crippen MR) is 55.9 cm³/mol. The van der Waals surface area contributed by atoms with Gasteiger partial charge in [0.25, 0.3) is 0 Å². The van der Waals surface area contributed by atoms with E-state index in [1.54, 1.807) is 0 Å². The Balaban J connectivity index is 3.79. The quantitative estimate of drug-likeness (QED) is 0.321. The molecule has 0 fully saturated rings. The first-order chi connectivity index (χ1) is 7.06. The molecule has 0 aliphatic rings. The Labute approximate surface area is 89.7 Å². The zero-order valence-electron chi connectivity index (χ0n) is 8.43. The SMILES string of the molecule is CCCCCNC(O[PH](=O)O)O[PH](=O)O. The molecule has 0 amide bonds. The van der Waals surface area contributed by atoms with E-state index in [0.29, 0.717) is 6.54 Å². The molecule has 9 heteroatoms. The predicted octanol–water partition coefficient (Wildman–Crippen LogP) is 0.847. The van der Waals surface area contributed by atoms with E-state index in [-0.39, 0.29) is 0 Å². The molecule has 92 valence electrons. The minimum absolute atomic E-state index is 0.489. The molecule has 0 bridgehead atoms. The molecule has 0 saturated heterocycles. The standard InChI is InChI=1S/C6H17NO6P2/c1-2-3-4-5-7-6(12-14(8)9)13-15(10)11/h6-7,14-15H,2-5H2,1H3,(H,8,9)(H,10,11). The van der Waals surface area contributed by atoms with Crippen molar-refractivity contribution in [2.24, 2.45) is 0 Å². The Morgan fingerprint density at radius 1 is 1.20 bits per heavy atom. The molecule has 0 heterocycles. The van der Waals surface area contributed by atoms with Gasteiger partial charge in [0.15, 0.2) is 0 Å². The van der Waals surface area contributed by atoms with Crippen LogP contribution >= 0.6 is 16.5 Å². The van der Waals surface area contributed by atoms with Crippen molar-refractivity contribution in [1.82, 2.24) is 5.32 Å². The lowest BCUT2D eigenvalue weighted by Crippen LogP contribution is -2.31. The largest absolute Gasteiger partial charge is 0.326 e. The highest BCUT2D eigenvalue weighted by Crippen LogP contribution is 2.24. The number of nitrogens with one attached hydrogen (secondary N) is 1. The van der Waals surface area contributed by atoms with Gasteiger partial charge in [-0.25, -0.2) is 0 Å². The number of rotatable bonds is 9. The van der Waals surface area contributed by atoms with Crippen LogP contribution in [0.15, 0.2) is 0 Å². The lowest BCUT2D eigenvalue weighted by molar-refractivity contribution is -0.0240. The number of hydrogen-bond acceptors (Lipinski definition) is 5. The summed E-state index contributed by atoms with van der Waals surface area (Å²) >= 11 is 0. The molecule has 0 saturated carbocycles. The minimum Gasteiger partial charge on any atom is -0.326 e. The fraction of sp³-hybridized carbons (Fsp3) is 1.00. The zero-order chi connectivity index (χ0) is 11.7. The van der Waals surface area contributed by atoms with Crippen LogP contribution < -0.4 is 5.32 Å². The van der Waals surface area contributed by atoms with Gasteiger partial charge in [0, 0.05) is 0 Å². The van der Waals surface area contributed by atoms with Gasteiger partial charge in [0.2, 0.25) is 6.41 Å². The molecule has 0 radical (unpaired) electrons. The van der Waals surface area contributed by atoms with Gasteiger partial charge in [-0.05, 0) is 13.0 Å².